The van der Waals surface area contributed by atoms with Crippen LogP contribution in [0.5, 0.6) is 0 Å². The lowest BCUT2D eigenvalue weighted by Gasteiger charge is -2.18. The Morgan fingerprint density at radius 1 is 0.871 bits per heavy atom. The molecular weight excluding hydrogens is 392 g/mol. The normalized spacial score (nSPS) is 10.9. The first-order valence-corrected chi connectivity index (χ1v) is 10.3. The number of nitrogens with zero attached hydrogens (tertiary/aromatic N) is 1. The van der Waals surface area contributed by atoms with Gasteiger partial charge in [-0.15, -0.1) is 0 Å². The summed E-state index contributed by atoms with van der Waals surface area (Å²) in [6.07, 6.45) is 1.04. The van der Waals surface area contributed by atoms with Gasteiger partial charge < -0.3 is 20.9 Å². The molecule has 31 heavy (non-hydrogen) atoms. The second kappa shape index (κ2) is 10.6. The van der Waals surface area contributed by atoms with Crippen molar-refractivity contribution in [3.63, 3.8) is 0 Å². The van der Waals surface area contributed by atoms with Crippen molar-refractivity contribution < 1.29 is 14.4 Å². The molecule has 7 heteroatoms. The van der Waals surface area contributed by atoms with Crippen LogP contribution in [0.1, 0.15) is 32.8 Å². The fourth-order valence-electron chi connectivity index (χ4n) is 2.69. The fraction of sp³-hybridized carbons (Fsp3) is 0.375. The molecule has 2 aromatic rings. The van der Waals surface area contributed by atoms with E-state index in [0.717, 1.165) is 11.3 Å². The maximum absolute atomic E-state index is 12.3. The molecule has 0 atom stereocenters. The van der Waals surface area contributed by atoms with E-state index >= 15 is 0 Å². The predicted octanol–water partition coefficient (Wildman–Crippen LogP) is 3.74. The molecular formula is C24H32N4O3. The van der Waals surface area contributed by atoms with Crippen LogP contribution in [0, 0.1) is 5.41 Å². The molecule has 3 N–H and O–H groups in total. The van der Waals surface area contributed by atoms with E-state index in [0.29, 0.717) is 24.2 Å². The molecule has 0 aliphatic heterocycles. The minimum absolute atomic E-state index is 0.0690. The third-order valence-electron chi connectivity index (χ3n) is 4.59. The summed E-state index contributed by atoms with van der Waals surface area (Å²) in [5, 5.41) is 8.81. The highest BCUT2D eigenvalue weighted by Crippen LogP contribution is 2.20. The van der Waals surface area contributed by atoms with Gasteiger partial charge in [-0.05, 0) is 42.3 Å². The highest BCUT2D eigenvalue weighted by Gasteiger charge is 2.21. The Bertz CT molecular complexity index is 932. The second-order valence-corrected chi connectivity index (χ2v) is 8.68. The molecule has 0 aliphatic rings. The number of amides is 3. The topological polar surface area (TPSA) is 90.5 Å². The lowest BCUT2D eigenvalue weighted by Crippen LogP contribution is -2.27. The Morgan fingerprint density at radius 2 is 1.48 bits per heavy atom. The highest BCUT2D eigenvalue weighted by atomic mass is 16.2. The molecule has 166 valence electrons. The molecule has 3 amide bonds. The van der Waals surface area contributed by atoms with Crippen molar-refractivity contribution in [2.45, 2.75) is 33.6 Å². The number of aryl methyl sites for hydroxylation is 1. The van der Waals surface area contributed by atoms with E-state index in [1.165, 1.54) is 0 Å². The first-order valence-electron chi connectivity index (χ1n) is 10.3. The number of carbonyl (C=O) groups excluding carboxylic acids is 3. The zero-order chi connectivity index (χ0) is 23.0. The summed E-state index contributed by atoms with van der Waals surface area (Å²) in [6.45, 7) is 5.64. The van der Waals surface area contributed by atoms with Gasteiger partial charge in [0.25, 0.3) is 0 Å². The standard InChI is InChI=1S/C24H32N4O3/c1-24(2,3)23(31)27-20-11-7-9-18(15-20)25-16-21(29)26-19-10-6-8-17(14-19)12-13-22(30)28(4)5/h6-11,14-15,25H,12-13,16H2,1-5H3,(H,26,29)(H,27,31). The van der Waals surface area contributed by atoms with Crippen molar-refractivity contribution in [3.05, 3.63) is 54.1 Å². The third-order valence-corrected chi connectivity index (χ3v) is 4.59. The number of benzene rings is 2. The van der Waals surface area contributed by atoms with E-state index < -0.39 is 5.41 Å². The average Bonchev–Trinajstić information content (AvgIpc) is 2.70. The summed E-state index contributed by atoms with van der Waals surface area (Å²) in [6, 6.07) is 14.7. The van der Waals surface area contributed by atoms with Crippen LogP contribution >= 0.6 is 0 Å². The van der Waals surface area contributed by atoms with Gasteiger partial charge in [0.2, 0.25) is 17.7 Å². The molecule has 0 spiro atoms. The Morgan fingerprint density at radius 3 is 2.13 bits per heavy atom. The van der Waals surface area contributed by atoms with E-state index in [1.807, 2.05) is 57.2 Å². The average molecular weight is 425 g/mol. The van der Waals surface area contributed by atoms with Gasteiger partial charge in [-0.3, -0.25) is 14.4 Å². The molecule has 0 saturated heterocycles. The maximum Gasteiger partial charge on any atom is 0.243 e. The number of anilines is 3. The molecule has 0 fully saturated rings. The van der Waals surface area contributed by atoms with E-state index in [9.17, 15) is 14.4 Å². The lowest BCUT2D eigenvalue weighted by molar-refractivity contribution is -0.128. The number of carbonyl (C=O) groups is 3. The molecule has 0 saturated carbocycles. The van der Waals surface area contributed by atoms with Gasteiger partial charge in [0, 0.05) is 43.0 Å². The van der Waals surface area contributed by atoms with Gasteiger partial charge in [0.15, 0.2) is 0 Å². The Hall–Kier alpha value is -3.35. The van der Waals surface area contributed by atoms with E-state index in [2.05, 4.69) is 16.0 Å². The summed E-state index contributed by atoms with van der Waals surface area (Å²) in [5.74, 6) is -0.195. The van der Waals surface area contributed by atoms with Gasteiger partial charge in [-0.2, -0.15) is 0 Å². The highest BCUT2D eigenvalue weighted by molar-refractivity contribution is 5.95. The smallest absolute Gasteiger partial charge is 0.243 e. The van der Waals surface area contributed by atoms with Crippen molar-refractivity contribution in [1.29, 1.82) is 0 Å². The number of hydrogen-bond acceptors (Lipinski definition) is 4. The van der Waals surface area contributed by atoms with Crippen LogP contribution in [0.15, 0.2) is 48.5 Å². The molecule has 0 aromatic heterocycles. The van der Waals surface area contributed by atoms with Crippen molar-refractivity contribution in [2.24, 2.45) is 5.41 Å². The zero-order valence-corrected chi connectivity index (χ0v) is 18.9. The van der Waals surface area contributed by atoms with Crippen molar-refractivity contribution >= 4 is 34.8 Å². The minimum Gasteiger partial charge on any atom is -0.376 e. The second-order valence-electron chi connectivity index (χ2n) is 8.68. The lowest BCUT2D eigenvalue weighted by atomic mass is 9.95. The summed E-state index contributed by atoms with van der Waals surface area (Å²) in [4.78, 5) is 37.8. The zero-order valence-electron chi connectivity index (χ0n) is 18.9. The van der Waals surface area contributed by atoms with Crippen LogP contribution in [0.2, 0.25) is 0 Å². The van der Waals surface area contributed by atoms with Crippen LogP contribution in [0.25, 0.3) is 0 Å². The van der Waals surface area contributed by atoms with Crippen molar-refractivity contribution in [2.75, 3.05) is 36.6 Å². The Kier molecular flexibility index (Phi) is 8.19. The van der Waals surface area contributed by atoms with Crippen molar-refractivity contribution in [1.82, 2.24) is 4.90 Å². The number of rotatable bonds is 8. The van der Waals surface area contributed by atoms with Gasteiger partial charge in [-0.1, -0.05) is 39.0 Å². The third kappa shape index (κ3) is 8.12. The maximum atomic E-state index is 12.3. The largest absolute Gasteiger partial charge is 0.376 e. The van der Waals surface area contributed by atoms with E-state index in [-0.39, 0.29) is 24.3 Å². The summed E-state index contributed by atoms with van der Waals surface area (Å²) in [7, 11) is 3.47. The molecule has 2 rings (SSSR count). The molecule has 0 bridgehead atoms. The van der Waals surface area contributed by atoms with Gasteiger partial charge in [0.1, 0.15) is 0 Å². The molecule has 0 aliphatic carbocycles. The Balaban J connectivity index is 1.88. The fourth-order valence-corrected chi connectivity index (χ4v) is 2.69. The first kappa shape index (κ1) is 23.9. The van der Waals surface area contributed by atoms with Crippen LogP contribution < -0.4 is 16.0 Å². The Labute approximate surface area is 184 Å². The molecule has 0 heterocycles. The number of nitrogens with one attached hydrogen (secondary N) is 3. The molecule has 0 radical (unpaired) electrons. The monoisotopic (exact) mass is 424 g/mol. The van der Waals surface area contributed by atoms with Crippen LogP contribution in [-0.2, 0) is 20.8 Å². The van der Waals surface area contributed by atoms with Gasteiger partial charge in [-0.25, -0.2) is 0 Å². The van der Waals surface area contributed by atoms with Crippen LogP contribution in [0.3, 0.4) is 0 Å². The van der Waals surface area contributed by atoms with Gasteiger partial charge in [0.05, 0.1) is 6.54 Å². The first-order chi connectivity index (χ1) is 14.5. The van der Waals surface area contributed by atoms with Gasteiger partial charge >= 0.3 is 0 Å². The van der Waals surface area contributed by atoms with Crippen LogP contribution in [-0.4, -0.2) is 43.3 Å². The molecule has 2 aromatic carbocycles. The SMILES string of the molecule is CN(C)C(=O)CCc1cccc(NC(=O)CNc2cccc(NC(=O)C(C)(C)C)c2)c1. The quantitative estimate of drug-likeness (QED) is 0.602. The van der Waals surface area contributed by atoms with Crippen molar-refractivity contribution in [3.8, 4) is 0 Å². The van der Waals surface area contributed by atoms with Crippen LogP contribution in [0.4, 0.5) is 17.1 Å². The molecule has 0 unspecified atom stereocenters. The van der Waals surface area contributed by atoms with E-state index in [1.54, 1.807) is 31.1 Å². The molecule has 7 nitrogen and oxygen atoms in total. The minimum atomic E-state index is -0.488. The number of hydrogen-bond donors (Lipinski definition) is 3. The van der Waals surface area contributed by atoms with E-state index in [4.69, 9.17) is 0 Å². The summed E-state index contributed by atoms with van der Waals surface area (Å²) < 4.78 is 0. The summed E-state index contributed by atoms with van der Waals surface area (Å²) in [5.41, 5.74) is 2.59. The summed E-state index contributed by atoms with van der Waals surface area (Å²) >= 11 is 0. The predicted molar refractivity (Wildman–Crippen MR) is 125 cm³/mol.